The molecule has 0 unspecified atom stereocenters. The molecule has 1 aromatic heterocycles. The summed E-state index contributed by atoms with van der Waals surface area (Å²) in [5.74, 6) is 0. The van der Waals surface area contributed by atoms with Gasteiger partial charge in [-0.1, -0.05) is 101 Å². The van der Waals surface area contributed by atoms with Crippen molar-refractivity contribution in [3.8, 4) is 0 Å². The minimum atomic E-state index is -1.96. The van der Waals surface area contributed by atoms with Crippen molar-refractivity contribution >= 4 is 37.7 Å². The smallest absolute Gasteiger partial charge is 0.200 e. The average molecular weight is 493 g/mol. The lowest BCUT2D eigenvalue weighted by Crippen LogP contribution is -2.47. The van der Waals surface area contributed by atoms with Crippen LogP contribution in [-0.4, -0.2) is 15.5 Å². The molecular weight excluding hydrogens is 445 g/mol. The Balaban J connectivity index is 2.59. The Kier molecular flexibility index (Phi) is 9.39. The molecule has 2 nitrogen and oxygen atoms in total. The van der Waals surface area contributed by atoms with Gasteiger partial charge in [-0.2, -0.15) is 0 Å². The van der Waals surface area contributed by atoms with Crippen LogP contribution in [0.5, 0.6) is 0 Å². The maximum Gasteiger partial charge on any atom is 0.200 e. The first-order valence-corrected chi connectivity index (χ1v) is 18.6. The third-order valence-electron chi connectivity index (χ3n) is 7.81. The first-order chi connectivity index (χ1) is 14.8. The molecule has 2 rings (SSSR count). The molecule has 0 atom stereocenters. The van der Waals surface area contributed by atoms with E-state index in [9.17, 15) is 0 Å². The average Bonchev–Trinajstić information content (AvgIpc) is 3.02. The van der Waals surface area contributed by atoms with Gasteiger partial charge in [0.05, 0.1) is 6.61 Å². The summed E-state index contributed by atoms with van der Waals surface area (Å²) in [6, 6.07) is 8.54. The van der Waals surface area contributed by atoms with Gasteiger partial charge < -0.3 is 8.84 Å². The van der Waals surface area contributed by atoms with Gasteiger partial charge in [-0.25, -0.2) is 0 Å². The van der Waals surface area contributed by atoms with Crippen LogP contribution in [0.1, 0.15) is 88.6 Å². The molecule has 0 spiro atoms. The van der Waals surface area contributed by atoms with Gasteiger partial charge in [-0.15, -0.1) is 11.2 Å². The van der Waals surface area contributed by atoms with E-state index < -0.39 is 15.5 Å². The molecule has 32 heavy (non-hydrogen) atoms. The number of hydrogen-bond donors (Lipinski definition) is 0. The summed E-state index contributed by atoms with van der Waals surface area (Å²) in [5, 5.41) is 2.35. The van der Waals surface area contributed by atoms with Gasteiger partial charge >= 0.3 is 0 Å². The fourth-order valence-corrected chi connectivity index (χ4v) is 20.9. The maximum atomic E-state index is 7.08. The molecule has 2 aromatic rings. The number of furan rings is 1. The quantitative estimate of drug-likeness (QED) is 0.291. The Morgan fingerprint density at radius 3 is 1.62 bits per heavy atom. The summed E-state index contributed by atoms with van der Waals surface area (Å²) < 4.78 is 13.7. The number of rotatable bonds is 11. The third-order valence-corrected chi connectivity index (χ3v) is 26.0. The molecule has 0 saturated heterocycles. The van der Waals surface area contributed by atoms with E-state index in [2.05, 4.69) is 119 Å². The second-order valence-electron chi connectivity index (χ2n) is 11.4. The molecule has 0 aliphatic rings. The van der Waals surface area contributed by atoms with E-state index in [-0.39, 0.29) is 0 Å². The minimum Gasteiger partial charge on any atom is -0.450 e. The van der Waals surface area contributed by atoms with Crippen molar-refractivity contribution in [1.82, 2.24) is 0 Å². The number of fused-ring (bicyclic) bond motifs is 1. The standard InChI is InChI=1S/C27H48O2SSi2/c1-18(2)31(19(3)4,20(5)6)28-17-25-24-15-13-14-16-26(24)29-27(25)30-32(21(7)8,22(9)10)23(11)12/h13-16,18-23H,17H2,1-12H3. The molecule has 182 valence electrons. The number of benzene rings is 1. The van der Waals surface area contributed by atoms with E-state index in [4.69, 9.17) is 8.84 Å². The molecule has 1 heterocycles. The van der Waals surface area contributed by atoms with E-state index >= 15 is 0 Å². The first-order valence-electron chi connectivity index (χ1n) is 12.7. The Morgan fingerprint density at radius 2 is 1.19 bits per heavy atom. The lowest BCUT2D eigenvalue weighted by Gasteiger charge is -2.43. The molecule has 0 saturated carbocycles. The largest absolute Gasteiger partial charge is 0.450 e. The zero-order valence-electron chi connectivity index (χ0n) is 22.7. The molecule has 5 heteroatoms. The van der Waals surface area contributed by atoms with Gasteiger partial charge in [-0.05, 0) is 39.3 Å². The zero-order chi connectivity index (χ0) is 24.4. The molecular formula is C27H48O2SSi2. The minimum absolute atomic E-state index is 0.576. The highest BCUT2D eigenvalue weighted by atomic mass is 32.4. The summed E-state index contributed by atoms with van der Waals surface area (Å²) in [6.07, 6.45) is 0. The Labute approximate surface area is 204 Å². The van der Waals surface area contributed by atoms with Gasteiger partial charge in [0.1, 0.15) is 12.8 Å². The Morgan fingerprint density at radius 1 is 0.719 bits per heavy atom. The van der Waals surface area contributed by atoms with Crippen molar-refractivity contribution < 1.29 is 8.84 Å². The predicted octanol–water partition coefficient (Wildman–Crippen LogP) is 10.4. The van der Waals surface area contributed by atoms with Crippen LogP contribution in [0.2, 0.25) is 33.2 Å². The summed E-state index contributed by atoms with van der Waals surface area (Å²) in [7, 11) is -3.68. The van der Waals surface area contributed by atoms with Crippen molar-refractivity contribution in [2.45, 2.75) is 128 Å². The van der Waals surface area contributed by atoms with E-state index in [0.29, 0.717) is 39.9 Å². The highest BCUT2D eigenvalue weighted by Gasteiger charge is 2.47. The molecule has 1 aromatic carbocycles. The Bertz CT molecular complexity index is 824. The molecule has 0 N–H and O–H groups in total. The van der Waals surface area contributed by atoms with Crippen molar-refractivity contribution in [1.29, 1.82) is 0 Å². The summed E-state index contributed by atoms with van der Waals surface area (Å²) in [6.45, 7) is 29.4. The van der Waals surface area contributed by atoms with E-state index in [1.165, 1.54) is 10.9 Å². The van der Waals surface area contributed by atoms with Gasteiger partial charge in [0.25, 0.3) is 0 Å². The van der Waals surface area contributed by atoms with E-state index in [0.717, 1.165) is 10.7 Å². The lowest BCUT2D eigenvalue weighted by molar-refractivity contribution is 0.261. The van der Waals surface area contributed by atoms with Crippen LogP contribution in [0.25, 0.3) is 11.0 Å². The van der Waals surface area contributed by atoms with E-state index in [1.54, 1.807) is 0 Å². The molecule has 0 amide bonds. The van der Waals surface area contributed by atoms with Gasteiger partial charge in [0.15, 0.2) is 5.09 Å². The van der Waals surface area contributed by atoms with Crippen molar-refractivity contribution in [2.75, 3.05) is 0 Å². The normalized spacial score (nSPS) is 13.8. The second kappa shape index (κ2) is 10.8. The van der Waals surface area contributed by atoms with E-state index in [1.807, 2.05) is 0 Å². The zero-order valence-corrected chi connectivity index (χ0v) is 25.5. The SMILES string of the molecule is CC(C)[Si](OCc1c(S[Si](C(C)C)(C(C)C)C(C)C)oc2ccccc12)(C(C)C)C(C)C. The highest BCUT2D eigenvalue weighted by Crippen LogP contribution is 2.54. The topological polar surface area (TPSA) is 22.4 Å². The van der Waals surface area contributed by atoms with Crippen molar-refractivity contribution in [2.24, 2.45) is 0 Å². The first kappa shape index (κ1) is 27.7. The number of para-hydroxylation sites is 1. The van der Waals surface area contributed by atoms with Gasteiger partial charge in [-0.3, -0.25) is 0 Å². The second-order valence-corrected chi connectivity index (χ2v) is 25.3. The van der Waals surface area contributed by atoms with Crippen LogP contribution < -0.4 is 0 Å². The van der Waals surface area contributed by atoms with Crippen LogP contribution in [0.3, 0.4) is 0 Å². The molecule has 0 aliphatic carbocycles. The highest BCUT2D eigenvalue weighted by molar-refractivity contribution is 8.29. The van der Waals surface area contributed by atoms with Crippen molar-refractivity contribution in [3.05, 3.63) is 29.8 Å². The molecule has 0 bridgehead atoms. The van der Waals surface area contributed by atoms with Crippen molar-refractivity contribution in [3.63, 3.8) is 0 Å². The van der Waals surface area contributed by atoms with Gasteiger partial charge in [0, 0.05) is 10.9 Å². The summed E-state index contributed by atoms with van der Waals surface area (Å²) in [5.41, 5.74) is 6.02. The molecule has 0 radical (unpaired) electrons. The summed E-state index contributed by atoms with van der Waals surface area (Å²) >= 11 is 2.10. The van der Waals surface area contributed by atoms with Crippen LogP contribution in [0.15, 0.2) is 33.8 Å². The fourth-order valence-electron chi connectivity index (χ4n) is 6.51. The maximum absolute atomic E-state index is 7.08. The van der Waals surface area contributed by atoms with Crippen LogP contribution in [-0.2, 0) is 11.0 Å². The number of hydrogen-bond acceptors (Lipinski definition) is 3. The van der Waals surface area contributed by atoms with Crippen LogP contribution in [0.4, 0.5) is 0 Å². The van der Waals surface area contributed by atoms with Crippen LogP contribution in [0, 0.1) is 0 Å². The predicted molar refractivity (Wildman–Crippen MR) is 149 cm³/mol. The van der Waals surface area contributed by atoms with Gasteiger partial charge in [0.2, 0.25) is 8.32 Å². The monoisotopic (exact) mass is 492 g/mol. The summed E-state index contributed by atoms with van der Waals surface area (Å²) in [4.78, 5) is 0. The lowest BCUT2D eigenvalue weighted by atomic mass is 10.2. The molecule has 0 aliphatic heterocycles. The fraction of sp³-hybridized carbons (Fsp3) is 0.704. The molecule has 0 fully saturated rings. The van der Waals surface area contributed by atoms with Crippen LogP contribution >= 0.6 is 11.2 Å². The third kappa shape index (κ3) is 4.96. The Hall–Kier alpha value is -0.496.